The molecule has 0 saturated heterocycles. The zero-order valence-electron chi connectivity index (χ0n) is 16.9. The first-order chi connectivity index (χ1) is 15.4. The molecule has 4 rings (SSSR count). The molecule has 0 aliphatic carbocycles. The van der Waals surface area contributed by atoms with Crippen molar-refractivity contribution < 1.29 is 17.9 Å². The van der Waals surface area contributed by atoms with Crippen LogP contribution in [0.15, 0.2) is 65.6 Å². The normalized spacial score (nSPS) is 12.7. The summed E-state index contributed by atoms with van der Waals surface area (Å²) in [5.74, 6) is 0.349. The van der Waals surface area contributed by atoms with Gasteiger partial charge in [-0.2, -0.15) is 4.98 Å². The maximum absolute atomic E-state index is 13.8. The average Bonchev–Trinajstić information content (AvgIpc) is 3.25. The number of nitrogens with one attached hydrogen (secondary N) is 1. The minimum Gasteiger partial charge on any atom is -0.486 e. The molecule has 0 aliphatic heterocycles. The molecule has 2 aromatic heterocycles. The predicted molar refractivity (Wildman–Crippen MR) is 119 cm³/mol. The van der Waals surface area contributed by atoms with Gasteiger partial charge in [-0.25, -0.2) is 14.4 Å². The van der Waals surface area contributed by atoms with E-state index in [1.807, 2.05) is 0 Å². The number of halogens is 1. The van der Waals surface area contributed by atoms with E-state index in [4.69, 9.17) is 14.4 Å². The molecule has 0 amide bonds. The second-order valence-electron chi connectivity index (χ2n) is 6.89. The molecule has 11 heteroatoms. The molecule has 0 radical (unpaired) electrons. The quantitative estimate of drug-likeness (QED) is 0.408. The maximum atomic E-state index is 13.8. The summed E-state index contributed by atoms with van der Waals surface area (Å²) in [6.07, 6.45) is 4.22. The van der Waals surface area contributed by atoms with E-state index < -0.39 is 15.5 Å². The zero-order chi connectivity index (χ0) is 22.6. The van der Waals surface area contributed by atoms with Gasteiger partial charge in [-0.1, -0.05) is 17.3 Å². The summed E-state index contributed by atoms with van der Waals surface area (Å²) in [4.78, 5) is 12.7. The van der Waals surface area contributed by atoms with Crippen molar-refractivity contribution in [2.24, 2.45) is 5.14 Å². The first kappa shape index (κ1) is 21.4. The van der Waals surface area contributed by atoms with E-state index in [-0.39, 0.29) is 18.3 Å². The first-order valence-electron chi connectivity index (χ1n) is 9.35. The molecule has 2 heterocycles. The Balaban J connectivity index is 1.60. The van der Waals surface area contributed by atoms with Gasteiger partial charge in [0.15, 0.2) is 5.82 Å². The Hall–Kier alpha value is -3.83. The van der Waals surface area contributed by atoms with Crippen molar-refractivity contribution in [3.63, 3.8) is 0 Å². The van der Waals surface area contributed by atoms with Gasteiger partial charge in [0.1, 0.15) is 36.5 Å². The fourth-order valence-corrected chi connectivity index (χ4v) is 3.53. The van der Waals surface area contributed by atoms with Crippen molar-refractivity contribution in [2.45, 2.75) is 6.61 Å². The van der Waals surface area contributed by atoms with Gasteiger partial charge in [0.25, 0.3) is 0 Å². The van der Waals surface area contributed by atoms with Gasteiger partial charge in [-0.15, -0.1) is 0 Å². The van der Waals surface area contributed by atoms with Crippen LogP contribution < -0.4 is 15.2 Å². The number of anilines is 2. The summed E-state index contributed by atoms with van der Waals surface area (Å²) < 4.78 is 36.2. The van der Waals surface area contributed by atoms with Gasteiger partial charge in [0.2, 0.25) is 5.95 Å². The molecule has 0 bridgehead atoms. The molecule has 0 spiro atoms. The Morgan fingerprint density at radius 3 is 2.88 bits per heavy atom. The molecule has 2 aromatic carbocycles. The SMILES string of the molecule is CS(N)(=O)=Cc1cccc(Nc2ncnc(-c3ccc(F)cc3OCc3ccon3)n2)c1. The Morgan fingerprint density at radius 1 is 1.22 bits per heavy atom. The third-order valence-corrected chi connectivity index (χ3v) is 4.88. The number of nitrogens with two attached hydrogens (primary N) is 1. The molecule has 1 unspecified atom stereocenters. The molecule has 0 saturated carbocycles. The molecule has 0 aliphatic rings. The lowest BCUT2D eigenvalue weighted by atomic mass is 10.2. The monoisotopic (exact) mass is 454 g/mol. The van der Waals surface area contributed by atoms with E-state index in [9.17, 15) is 8.60 Å². The maximum Gasteiger partial charge on any atom is 0.230 e. The fourth-order valence-electron chi connectivity index (χ4n) is 2.84. The van der Waals surface area contributed by atoms with Crippen molar-refractivity contribution in [1.29, 1.82) is 0 Å². The van der Waals surface area contributed by atoms with Crippen LogP contribution in [0.25, 0.3) is 11.4 Å². The summed E-state index contributed by atoms with van der Waals surface area (Å²) >= 11 is 0. The highest BCUT2D eigenvalue weighted by Gasteiger charge is 2.13. The van der Waals surface area contributed by atoms with Crippen molar-refractivity contribution in [2.75, 3.05) is 11.6 Å². The summed E-state index contributed by atoms with van der Waals surface area (Å²) in [7, 11) is -2.54. The number of rotatable bonds is 7. The second kappa shape index (κ2) is 9.12. The molecule has 4 aromatic rings. The average molecular weight is 454 g/mol. The van der Waals surface area contributed by atoms with Gasteiger partial charge >= 0.3 is 0 Å². The smallest absolute Gasteiger partial charge is 0.230 e. The van der Waals surface area contributed by atoms with Crippen molar-refractivity contribution >= 4 is 26.7 Å². The van der Waals surface area contributed by atoms with Crippen LogP contribution in [-0.2, 0) is 16.3 Å². The second-order valence-corrected chi connectivity index (χ2v) is 9.06. The standard InChI is InChI=1S/C21H19FN6O3S/c1-32(23,29)12-14-3-2-4-16(9-14)26-21-25-13-24-20(27-21)18-6-5-15(22)10-19(18)30-11-17-7-8-31-28-17/h2-10,12-13H,11H2,1H3,(H2,23,29)(H,24,25,26,27). The molecule has 9 nitrogen and oxygen atoms in total. The van der Waals surface area contributed by atoms with E-state index >= 15 is 0 Å². The van der Waals surface area contributed by atoms with Crippen LogP contribution in [0.3, 0.4) is 0 Å². The molecule has 164 valence electrons. The number of nitrogens with zero attached hydrogens (tertiary/aromatic N) is 4. The number of benzene rings is 2. The molecule has 3 N–H and O–H groups in total. The van der Waals surface area contributed by atoms with Gasteiger partial charge < -0.3 is 14.6 Å². The highest BCUT2D eigenvalue weighted by molar-refractivity contribution is 7.98. The first-order valence-corrected chi connectivity index (χ1v) is 11.4. The predicted octanol–water partition coefficient (Wildman–Crippen LogP) is 2.93. The lowest BCUT2D eigenvalue weighted by molar-refractivity contribution is 0.289. The van der Waals surface area contributed by atoms with Crippen LogP contribution in [0.4, 0.5) is 16.0 Å². The molecular weight excluding hydrogens is 435 g/mol. The van der Waals surface area contributed by atoms with Crippen molar-refractivity contribution in [3.8, 4) is 17.1 Å². The van der Waals surface area contributed by atoms with E-state index in [2.05, 4.69) is 25.4 Å². The lowest BCUT2D eigenvalue weighted by Crippen LogP contribution is -2.13. The zero-order valence-corrected chi connectivity index (χ0v) is 17.8. The Bertz CT molecular complexity index is 1350. The van der Waals surface area contributed by atoms with Crippen LogP contribution >= 0.6 is 0 Å². The number of aromatic nitrogens is 4. The van der Waals surface area contributed by atoms with E-state index in [1.165, 1.54) is 42.4 Å². The minimum absolute atomic E-state index is 0.0915. The Morgan fingerprint density at radius 2 is 2.09 bits per heavy atom. The van der Waals surface area contributed by atoms with Gasteiger partial charge in [-0.3, -0.25) is 9.35 Å². The fraction of sp³-hybridized carbons (Fsp3) is 0.0952. The van der Waals surface area contributed by atoms with Gasteiger partial charge in [-0.05, 0) is 29.8 Å². The molecule has 0 fully saturated rings. The van der Waals surface area contributed by atoms with Crippen LogP contribution in [0.2, 0.25) is 0 Å². The van der Waals surface area contributed by atoms with Gasteiger partial charge in [0.05, 0.1) is 5.56 Å². The lowest BCUT2D eigenvalue weighted by Gasteiger charge is -2.11. The summed E-state index contributed by atoms with van der Waals surface area (Å²) in [6, 6.07) is 12.9. The van der Waals surface area contributed by atoms with E-state index in [1.54, 1.807) is 30.3 Å². The van der Waals surface area contributed by atoms with Gasteiger partial charge in [0, 0.05) is 39.2 Å². The largest absolute Gasteiger partial charge is 0.486 e. The highest BCUT2D eigenvalue weighted by atomic mass is 32.2. The number of ether oxygens (including phenoxy) is 1. The molecule has 32 heavy (non-hydrogen) atoms. The highest BCUT2D eigenvalue weighted by Crippen LogP contribution is 2.29. The van der Waals surface area contributed by atoms with Crippen LogP contribution in [0.5, 0.6) is 5.75 Å². The van der Waals surface area contributed by atoms with Crippen LogP contribution in [0, 0.1) is 5.82 Å². The summed E-state index contributed by atoms with van der Waals surface area (Å²) in [5.41, 5.74) is 2.40. The van der Waals surface area contributed by atoms with Crippen molar-refractivity contribution in [3.05, 3.63) is 78.2 Å². The molecular formula is C21H19FN6O3S. The number of hydrogen-bond acceptors (Lipinski definition) is 8. The molecule has 1 atom stereocenters. The summed E-state index contributed by atoms with van der Waals surface area (Å²) in [5, 5.41) is 13.9. The van der Waals surface area contributed by atoms with Crippen LogP contribution in [-0.4, -0.2) is 35.9 Å². The minimum atomic E-state index is -2.54. The van der Waals surface area contributed by atoms with Crippen LogP contribution in [0.1, 0.15) is 11.3 Å². The Labute approximate surface area is 183 Å². The van der Waals surface area contributed by atoms with Crippen molar-refractivity contribution in [1.82, 2.24) is 20.1 Å². The number of hydrogen-bond donors (Lipinski definition) is 2. The topological polar surface area (TPSA) is 129 Å². The third-order valence-electron chi connectivity index (χ3n) is 4.14. The van der Waals surface area contributed by atoms with E-state index in [0.29, 0.717) is 28.3 Å². The van der Waals surface area contributed by atoms with E-state index in [0.717, 1.165) is 0 Å². The summed E-state index contributed by atoms with van der Waals surface area (Å²) in [6.45, 7) is 0.0915. The third kappa shape index (κ3) is 5.65. The Kier molecular flexibility index (Phi) is 6.10.